The minimum atomic E-state index is -0.977. The number of carbonyl (C=O) groups is 5. The lowest BCUT2D eigenvalue weighted by Gasteiger charge is -2.20. The Kier molecular flexibility index (Phi) is 4.83. The normalized spacial score (nSPS) is 18.0. The maximum atomic E-state index is 12.4. The van der Waals surface area contributed by atoms with Crippen LogP contribution in [0, 0.1) is 0 Å². The van der Waals surface area contributed by atoms with E-state index in [1.165, 1.54) is 13.0 Å². The van der Waals surface area contributed by atoms with Crippen molar-refractivity contribution in [3.63, 3.8) is 0 Å². The summed E-state index contributed by atoms with van der Waals surface area (Å²) in [5.74, 6) is -2.61. The lowest BCUT2D eigenvalue weighted by Crippen LogP contribution is -2.41. The first kappa shape index (κ1) is 17.8. The molecule has 0 spiro atoms. The molecule has 1 aliphatic heterocycles. The van der Waals surface area contributed by atoms with Gasteiger partial charge in [0.05, 0.1) is 0 Å². The van der Waals surface area contributed by atoms with Crippen LogP contribution < -0.4 is 5.32 Å². The van der Waals surface area contributed by atoms with E-state index in [0.29, 0.717) is 29.0 Å². The maximum absolute atomic E-state index is 12.4. The zero-order valence-electron chi connectivity index (χ0n) is 14.4. The van der Waals surface area contributed by atoms with Crippen LogP contribution in [0.3, 0.4) is 0 Å². The Morgan fingerprint density at radius 2 is 1.81 bits per heavy atom. The van der Waals surface area contributed by atoms with Crippen molar-refractivity contribution in [2.45, 2.75) is 38.6 Å². The van der Waals surface area contributed by atoms with E-state index in [1.807, 2.05) is 0 Å². The Morgan fingerprint density at radius 1 is 1.12 bits per heavy atom. The number of anilines is 1. The highest BCUT2D eigenvalue weighted by Gasteiger charge is 2.48. The number of ketones is 1. The van der Waals surface area contributed by atoms with Crippen molar-refractivity contribution in [3.8, 4) is 0 Å². The average molecular weight is 357 g/mol. The molecule has 3 rings (SSSR count). The molecule has 1 aliphatic carbocycles. The molecule has 8 nitrogen and oxygen atoms in total. The van der Waals surface area contributed by atoms with Crippen LogP contribution >= 0.6 is 0 Å². The molecule has 5 amide bonds. The van der Waals surface area contributed by atoms with Gasteiger partial charge in [-0.15, -0.1) is 0 Å². The van der Waals surface area contributed by atoms with E-state index in [4.69, 9.17) is 0 Å². The third-order valence-corrected chi connectivity index (χ3v) is 4.63. The molecule has 26 heavy (non-hydrogen) atoms. The Bertz CT molecular complexity index is 798. The third kappa shape index (κ3) is 3.35. The fourth-order valence-corrected chi connectivity index (χ4v) is 3.31. The summed E-state index contributed by atoms with van der Waals surface area (Å²) in [5.41, 5.74) is 0.805. The van der Waals surface area contributed by atoms with Crippen molar-refractivity contribution in [3.05, 3.63) is 29.8 Å². The fourth-order valence-electron chi connectivity index (χ4n) is 3.31. The van der Waals surface area contributed by atoms with Gasteiger partial charge in [-0.2, -0.15) is 0 Å². The van der Waals surface area contributed by atoms with Crippen molar-refractivity contribution >= 4 is 35.2 Å². The van der Waals surface area contributed by atoms with Gasteiger partial charge in [0.25, 0.3) is 0 Å². The van der Waals surface area contributed by atoms with Crippen molar-refractivity contribution < 1.29 is 24.0 Å². The van der Waals surface area contributed by atoms with Crippen LogP contribution in [-0.4, -0.2) is 51.9 Å². The van der Waals surface area contributed by atoms with Crippen LogP contribution in [0.2, 0.25) is 0 Å². The summed E-state index contributed by atoms with van der Waals surface area (Å²) >= 11 is 0. The number of rotatable bonds is 5. The van der Waals surface area contributed by atoms with Crippen molar-refractivity contribution in [2.75, 3.05) is 11.9 Å². The zero-order valence-corrected chi connectivity index (χ0v) is 14.4. The maximum Gasteiger partial charge on any atom is 0.334 e. The molecule has 0 bridgehead atoms. The first-order chi connectivity index (χ1) is 12.4. The zero-order chi connectivity index (χ0) is 18.8. The number of hydrogen-bond acceptors (Lipinski definition) is 5. The van der Waals surface area contributed by atoms with Crippen molar-refractivity contribution in [1.82, 2.24) is 9.80 Å². The number of imide groups is 2. The summed E-state index contributed by atoms with van der Waals surface area (Å²) in [7, 11) is 0. The van der Waals surface area contributed by atoms with Gasteiger partial charge in [0.2, 0.25) is 5.91 Å². The van der Waals surface area contributed by atoms with Crippen LogP contribution in [0.1, 0.15) is 43.0 Å². The number of hydrogen-bond donors (Lipinski definition) is 1. The first-order valence-electron chi connectivity index (χ1n) is 8.48. The number of benzene rings is 1. The van der Waals surface area contributed by atoms with E-state index < -0.39 is 30.3 Å². The predicted octanol–water partition coefficient (Wildman–Crippen LogP) is 1.56. The largest absolute Gasteiger partial charge is 0.334 e. The summed E-state index contributed by atoms with van der Waals surface area (Å²) in [5, 5.41) is 2.54. The van der Waals surface area contributed by atoms with Gasteiger partial charge in [0.1, 0.15) is 6.54 Å². The van der Waals surface area contributed by atoms with E-state index in [0.717, 1.165) is 17.7 Å². The van der Waals surface area contributed by atoms with Crippen molar-refractivity contribution in [1.29, 1.82) is 0 Å². The minimum absolute atomic E-state index is 0.149. The lowest BCUT2D eigenvalue weighted by atomic mass is 10.1. The average Bonchev–Trinajstić information content (AvgIpc) is 3.19. The molecule has 8 heteroatoms. The second kappa shape index (κ2) is 7.07. The molecule has 2 fully saturated rings. The Morgan fingerprint density at radius 3 is 2.46 bits per heavy atom. The van der Waals surface area contributed by atoms with E-state index in [-0.39, 0.29) is 11.8 Å². The van der Waals surface area contributed by atoms with E-state index in [9.17, 15) is 24.0 Å². The summed E-state index contributed by atoms with van der Waals surface area (Å²) in [4.78, 5) is 61.9. The topological polar surface area (TPSA) is 104 Å². The van der Waals surface area contributed by atoms with Gasteiger partial charge in [-0.25, -0.2) is 9.69 Å². The SMILES string of the molecule is CC(=O)c1cccc(NC(=O)CN2C(=O)C(=O)N(C3CCCC3)C2=O)c1. The van der Waals surface area contributed by atoms with Crippen molar-refractivity contribution in [2.24, 2.45) is 0 Å². The Balaban J connectivity index is 1.68. The second-order valence-electron chi connectivity index (χ2n) is 6.47. The molecule has 2 aliphatic rings. The number of urea groups is 1. The highest BCUT2D eigenvalue weighted by Crippen LogP contribution is 2.27. The van der Waals surface area contributed by atoms with Gasteiger partial charge in [0, 0.05) is 17.3 Å². The van der Waals surface area contributed by atoms with E-state index in [1.54, 1.807) is 18.2 Å². The van der Waals surface area contributed by atoms with E-state index in [2.05, 4.69) is 5.32 Å². The molecule has 0 radical (unpaired) electrons. The molecule has 0 atom stereocenters. The molecule has 1 N–H and O–H groups in total. The quantitative estimate of drug-likeness (QED) is 0.489. The smallest absolute Gasteiger partial charge is 0.325 e. The van der Waals surface area contributed by atoms with Gasteiger partial charge in [-0.1, -0.05) is 25.0 Å². The summed E-state index contributed by atoms with van der Waals surface area (Å²) < 4.78 is 0. The van der Waals surface area contributed by atoms with Gasteiger partial charge >= 0.3 is 17.8 Å². The highest BCUT2D eigenvalue weighted by molar-refractivity contribution is 6.45. The molecule has 1 heterocycles. The molecule has 1 saturated carbocycles. The number of carbonyl (C=O) groups excluding carboxylic acids is 5. The molecule has 1 aromatic rings. The lowest BCUT2D eigenvalue weighted by molar-refractivity contribution is -0.144. The number of Topliss-reactive ketones (excluding diaryl/α,β-unsaturated/α-hetero) is 1. The third-order valence-electron chi connectivity index (χ3n) is 4.63. The molecule has 1 saturated heterocycles. The summed E-state index contributed by atoms with van der Waals surface area (Å²) in [6.07, 6.45) is 3.18. The number of amides is 5. The van der Waals surface area contributed by atoms with Crippen LogP contribution in [0.4, 0.5) is 10.5 Å². The monoisotopic (exact) mass is 357 g/mol. The number of nitrogens with one attached hydrogen (secondary N) is 1. The van der Waals surface area contributed by atoms with Gasteiger partial charge in [-0.3, -0.25) is 24.1 Å². The minimum Gasteiger partial charge on any atom is -0.325 e. The standard InChI is InChI=1S/C18H19N3O5/c1-11(22)12-5-4-6-13(9-12)19-15(23)10-20-16(24)17(25)21(18(20)26)14-7-2-3-8-14/h4-6,9,14H,2-3,7-8,10H2,1H3,(H,19,23). The van der Waals surface area contributed by atoms with Crippen LogP contribution in [0.15, 0.2) is 24.3 Å². The van der Waals surface area contributed by atoms with Crippen LogP contribution in [0.5, 0.6) is 0 Å². The molecular formula is C18H19N3O5. The molecule has 1 aromatic carbocycles. The Hall–Kier alpha value is -3.03. The van der Waals surface area contributed by atoms with Gasteiger partial charge in [-0.05, 0) is 31.9 Å². The summed E-state index contributed by atoms with van der Waals surface area (Å²) in [6, 6.07) is 5.32. The highest BCUT2D eigenvalue weighted by atomic mass is 16.2. The van der Waals surface area contributed by atoms with Gasteiger partial charge < -0.3 is 5.32 Å². The van der Waals surface area contributed by atoms with Crippen LogP contribution in [0.25, 0.3) is 0 Å². The van der Waals surface area contributed by atoms with Gasteiger partial charge in [0.15, 0.2) is 5.78 Å². The fraction of sp³-hybridized carbons (Fsp3) is 0.389. The first-order valence-corrected chi connectivity index (χ1v) is 8.48. The predicted molar refractivity (Wildman–Crippen MR) is 91.3 cm³/mol. The summed E-state index contributed by atoms with van der Waals surface area (Å²) in [6.45, 7) is 0.864. The second-order valence-corrected chi connectivity index (χ2v) is 6.47. The molecular weight excluding hydrogens is 338 g/mol. The van der Waals surface area contributed by atoms with E-state index >= 15 is 0 Å². The van der Waals surface area contributed by atoms with Crippen LogP contribution in [-0.2, 0) is 14.4 Å². The molecule has 0 aromatic heterocycles. The Labute approximate surface area is 150 Å². The molecule has 136 valence electrons. The molecule has 0 unspecified atom stereocenters. The number of nitrogens with zero attached hydrogens (tertiary/aromatic N) is 2.